The van der Waals surface area contributed by atoms with Crippen molar-refractivity contribution < 1.29 is 19.1 Å². The van der Waals surface area contributed by atoms with Crippen LogP contribution in [0.25, 0.3) is 6.08 Å². The lowest BCUT2D eigenvalue weighted by Gasteiger charge is -2.16. The lowest BCUT2D eigenvalue weighted by atomic mass is 10.1. The fourth-order valence-corrected chi connectivity index (χ4v) is 5.44. The Morgan fingerprint density at radius 2 is 1.63 bits per heavy atom. The van der Waals surface area contributed by atoms with Gasteiger partial charge in [-0.2, -0.15) is 0 Å². The fraction of sp³-hybridized carbons (Fsp3) is 0.147. The van der Waals surface area contributed by atoms with Crippen LogP contribution in [-0.2, 0) is 9.59 Å². The minimum absolute atomic E-state index is 0.174. The lowest BCUT2D eigenvalue weighted by molar-refractivity contribution is -0.118. The van der Waals surface area contributed by atoms with Gasteiger partial charge in [0.05, 0.1) is 23.4 Å². The Labute approximate surface area is 260 Å². The maximum absolute atomic E-state index is 13.7. The molecule has 1 N–H and O–H groups in total. The number of ether oxygens (including phenoxy) is 2. The Kier molecular flexibility index (Phi) is 9.19. The van der Waals surface area contributed by atoms with Gasteiger partial charge in [-0.05, 0) is 98.3 Å². The third-order valence-corrected chi connectivity index (χ3v) is 8.03. The molecule has 0 atom stereocenters. The summed E-state index contributed by atoms with van der Waals surface area (Å²) in [6.45, 7) is 5.69. The largest absolute Gasteiger partial charge is 0.493 e. The van der Waals surface area contributed by atoms with Crippen LogP contribution in [0.1, 0.15) is 22.3 Å². The molecule has 1 aliphatic heterocycles. The van der Waals surface area contributed by atoms with Crippen LogP contribution in [0.5, 0.6) is 11.5 Å². The monoisotopic (exact) mass is 611 g/mol. The zero-order valence-electron chi connectivity index (χ0n) is 24.2. The highest BCUT2D eigenvalue weighted by Gasteiger charge is 2.34. The first kappa shape index (κ1) is 29.9. The van der Waals surface area contributed by atoms with Crippen molar-refractivity contribution in [3.63, 3.8) is 0 Å². The molecule has 43 heavy (non-hydrogen) atoms. The van der Waals surface area contributed by atoms with Crippen LogP contribution in [0.15, 0.2) is 94.8 Å². The predicted octanol–water partition coefficient (Wildman–Crippen LogP) is 8.10. The highest BCUT2D eigenvalue weighted by Crippen LogP contribution is 2.38. The van der Waals surface area contributed by atoms with Gasteiger partial charge in [0, 0.05) is 10.7 Å². The third-order valence-electron chi connectivity index (χ3n) is 6.66. The quantitative estimate of drug-likeness (QED) is 0.204. The van der Waals surface area contributed by atoms with Crippen molar-refractivity contribution in [3.8, 4) is 11.5 Å². The van der Waals surface area contributed by atoms with E-state index < -0.39 is 0 Å². The minimum atomic E-state index is -0.335. The Bertz CT molecular complexity index is 1730. The number of aliphatic imine (C=N–C) groups is 1. The summed E-state index contributed by atoms with van der Waals surface area (Å²) in [4.78, 5) is 33.1. The molecular weight excluding hydrogens is 582 g/mol. The molecule has 5 rings (SSSR count). The average Bonchev–Trinajstić information content (AvgIpc) is 3.29. The van der Waals surface area contributed by atoms with Crippen molar-refractivity contribution in [2.45, 2.75) is 20.8 Å². The number of methoxy groups -OCH3 is 1. The van der Waals surface area contributed by atoms with Gasteiger partial charge >= 0.3 is 0 Å². The van der Waals surface area contributed by atoms with Crippen molar-refractivity contribution in [2.24, 2.45) is 4.99 Å². The van der Waals surface area contributed by atoms with Crippen molar-refractivity contribution in [1.29, 1.82) is 0 Å². The summed E-state index contributed by atoms with van der Waals surface area (Å²) in [6, 6.07) is 26.2. The van der Waals surface area contributed by atoms with Crippen LogP contribution in [0.4, 0.5) is 17.1 Å². The number of amides is 2. The van der Waals surface area contributed by atoms with Crippen molar-refractivity contribution in [1.82, 2.24) is 0 Å². The maximum atomic E-state index is 13.7. The molecule has 1 saturated heterocycles. The molecule has 0 aromatic heterocycles. The molecule has 1 fully saturated rings. The summed E-state index contributed by atoms with van der Waals surface area (Å²) in [6.07, 6.45) is 1.80. The number of benzene rings is 4. The van der Waals surface area contributed by atoms with Gasteiger partial charge in [-0.3, -0.25) is 14.5 Å². The van der Waals surface area contributed by atoms with Crippen LogP contribution in [-0.4, -0.2) is 30.7 Å². The molecule has 0 saturated carbocycles. The van der Waals surface area contributed by atoms with E-state index in [9.17, 15) is 9.59 Å². The normalized spacial score (nSPS) is 14.8. The van der Waals surface area contributed by atoms with E-state index in [4.69, 9.17) is 26.1 Å². The standard InChI is InChI=1S/C34H30ClN3O4S/c1-21-5-11-25(12-6-21)37-34-38(27-14-7-22(2)8-15-27)33(40)31(43-34)18-24-10-16-29(30(17-24)41-4)42-20-32(39)36-26-13-9-23(3)28(35)19-26/h5-19H,20H2,1-4H3,(H,36,39)/b31-18-,37-34?. The number of aryl methyl sites for hydroxylation is 3. The molecule has 4 aromatic carbocycles. The molecule has 1 heterocycles. The highest BCUT2D eigenvalue weighted by molar-refractivity contribution is 8.19. The summed E-state index contributed by atoms with van der Waals surface area (Å²) in [5, 5.41) is 3.91. The van der Waals surface area contributed by atoms with Crippen LogP contribution < -0.4 is 19.7 Å². The topological polar surface area (TPSA) is 80.2 Å². The Hall–Kier alpha value is -4.53. The summed E-state index contributed by atoms with van der Waals surface area (Å²) < 4.78 is 11.3. The van der Waals surface area contributed by atoms with E-state index in [0.717, 1.165) is 33.6 Å². The van der Waals surface area contributed by atoms with E-state index >= 15 is 0 Å². The highest BCUT2D eigenvalue weighted by atomic mass is 35.5. The summed E-state index contributed by atoms with van der Waals surface area (Å²) >= 11 is 7.46. The second-order valence-electron chi connectivity index (χ2n) is 10.0. The number of anilines is 2. The number of hydrogen-bond acceptors (Lipinski definition) is 6. The molecule has 0 radical (unpaired) electrons. The average molecular weight is 612 g/mol. The van der Waals surface area contributed by atoms with Crippen LogP contribution in [0.2, 0.25) is 5.02 Å². The maximum Gasteiger partial charge on any atom is 0.271 e. The van der Waals surface area contributed by atoms with Gasteiger partial charge in [0.25, 0.3) is 11.8 Å². The Morgan fingerprint density at radius 3 is 2.30 bits per heavy atom. The first-order valence-electron chi connectivity index (χ1n) is 13.5. The number of nitrogens with zero attached hydrogens (tertiary/aromatic N) is 2. The number of nitrogens with one attached hydrogen (secondary N) is 1. The van der Waals surface area contributed by atoms with Crippen LogP contribution >= 0.6 is 23.4 Å². The summed E-state index contributed by atoms with van der Waals surface area (Å²) in [5.74, 6) is 0.319. The van der Waals surface area contributed by atoms with Crippen molar-refractivity contribution >= 4 is 63.5 Å². The van der Waals surface area contributed by atoms with Gasteiger partial charge in [-0.1, -0.05) is 59.1 Å². The molecule has 7 nitrogen and oxygen atoms in total. The van der Waals surface area contributed by atoms with Crippen LogP contribution in [0, 0.1) is 20.8 Å². The number of rotatable bonds is 8. The third kappa shape index (κ3) is 7.28. The van der Waals surface area contributed by atoms with Gasteiger partial charge < -0.3 is 14.8 Å². The molecule has 0 aliphatic carbocycles. The van der Waals surface area contributed by atoms with Gasteiger partial charge in [0.1, 0.15) is 0 Å². The molecule has 0 spiro atoms. The Balaban J connectivity index is 1.36. The predicted molar refractivity (Wildman–Crippen MR) is 176 cm³/mol. The molecule has 218 valence electrons. The van der Waals surface area contributed by atoms with E-state index in [1.807, 2.05) is 81.4 Å². The van der Waals surface area contributed by atoms with E-state index in [-0.39, 0.29) is 18.4 Å². The molecule has 1 aliphatic rings. The molecular formula is C34H30ClN3O4S. The molecule has 0 unspecified atom stereocenters. The summed E-state index contributed by atoms with van der Waals surface area (Å²) in [7, 11) is 1.52. The number of amidine groups is 1. The van der Waals surface area contributed by atoms with E-state index in [1.165, 1.54) is 18.9 Å². The fourth-order valence-electron chi connectivity index (χ4n) is 4.26. The van der Waals surface area contributed by atoms with E-state index in [2.05, 4.69) is 5.32 Å². The molecule has 4 aromatic rings. The number of hydrogen-bond donors (Lipinski definition) is 1. The number of thioether (sulfide) groups is 1. The zero-order valence-corrected chi connectivity index (χ0v) is 25.8. The molecule has 2 amide bonds. The number of carbonyl (C=O) groups is 2. The second kappa shape index (κ2) is 13.2. The number of halogens is 1. The number of carbonyl (C=O) groups excluding carboxylic acids is 2. The van der Waals surface area contributed by atoms with E-state index in [1.54, 1.807) is 35.2 Å². The molecule has 0 bridgehead atoms. The van der Waals surface area contributed by atoms with Gasteiger partial charge in [-0.15, -0.1) is 0 Å². The second-order valence-corrected chi connectivity index (χ2v) is 11.4. The van der Waals surface area contributed by atoms with Crippen LogP contribution in [0.3, 0.4) is 0 Å². The Morgan fingerprint density at radius 1 is 0.930 bits per heavy atom. The van der Waals surface area contributed by atoms with E-state index in [0.29, 0.717) is 32.3 Å². The SMILES string of the molecule is COc1cc(/C=C2\SC(=Nc3ccc(C)cc3)N(c3ccc(C)cc3)C2=O)ccc1OCC(=O)Nc1ccc(C)c(Cl)c1. The van der Waals surface area contributed by atoms with Crippen molar-refractivity contribution in [3.05, 3.63) is 117 Å². The van der Waals surface area contributed by atoms with Gasteiger partial charge in [-0.25, -0.2) is 4.99 Å². The van der Waals surface area contributed by atoms with Gasteiger partial charge in [0.15, 0.2) is 23.3 Å². The zero-order chi connectivity index (χ0) is 30.5. The first-order valence-corrected chi connectivity index (χ1v) is 14.7. The van der Waals surface area contributed by atoms with Gasteiger partial charge in [0.2, 0.25) is 0 Å². The van der Waals surface area contributed by atoms with Crippen molar-refractivity contribution in [2.75, 3.05) is 23.9 Å². The smallest absolute Gasteiger partial charge is 0.271 e. The summed E-state index contributed by atoms with van der Waals surface area (Å²) in [5.41, 5.74) is 5.98. The molecule has 9 heteroatoms. The minimum Gasteiger partial charge on any atom is -0.493 e. The lowest BCUT2D eigenvalue weighted by Crippen LogP contribution is -2.28. The first-order chi connectivity index (χ1) is 20.7.